The molecule has 110 valence electrons. The van der Waals surface area contributed by atoms with E-state index >= 15 is 0 Å². The zero-order valence-electron chi connectivity index (χ0n) is 11.7. The average molecular weight is 280 g/mol. The van der Waals surface area contributed by atoms with Gasteiger partial charge in [-0.3, -0.25) is 10.1 Å². The van der Waals surface area contributed by atoms with Gasteiger partial charge in [0.15, 0.2) is 0 Å². The van der Waals surface area contributed by atoms with Crippen LogP contribution in [0, 0.1) is 10.1 Å². The number of nitro benzene ring substituents is 1. The van der Waals surface area contributed by atoms with E-state index < -0.39 is 0 Å². The Morgan fingerprint density at radius 2 is 2.30 bits per heavy atom. The molecule has 3 atom stereocenters. The fourth-order valence-corrected chi connectivity index (χ4v) is 2.50. The number of nitrogens with one attached hydrogen (secondary N) is 1. The number of ether oxygens (including phenoxy) is 2. The van der Waals surface area contributed by atoms with Crippen LogP contribution in [0.3, 0.4) is 0 Å². The molecule has 0 aromatic heterocycles. The van der Waals surface area contributed by atoms with Crippen LogP contribution in [-0.2, 0) is 16.0 Å². The molecule has 1 fully saturated rings. The highest BCUT2D eigenvalue weighted by atomic mass is 16.6. The lowest BCUT2D eigenvalue weighted by molar-refractivity contribution is -0.384. The van der Waals surface area contributed by atoms with Crippen molar-refractivity contribution in [1.82, 2.24) is 5.32 Å². The Labute approximate surface area is 118 Å². The fraction of sp³-hybridized carbons (Fsp3) is 0.571. The summed E-state index contributed by atoms with van der Waals surface area (Å²) in [5, 5.41) is 14.1. The third kappa shape index (κ3) is 3.33. The third-order valence-electron chi connectivity index (χ3n) is 3.59. The lowest BCUT2D eigenvalue weighted by Crippen LogP contribution is -2.59. The Bertz CT molecular complexity index is 466. The monoisotopic (exact) mass is 280 g/mol. The number of non-ortho nitro benzene ring substituents is 1. The van der Waals surface area contributed by atoms with Crippen molar-refractivity contribution in [2.24, 2.45) is 0 Å². The van der Waals surface area contributed by atoms with Crippen molar-refractivity contribution in [2.45, 2.75) is 38.1 Å². The highest BCUT2D eigenvalue weighted by Crippen LogP contribution is 2.27. The fourth-order valence-electron chi connectivity index (χ4n) is 2.50. The van der Waals surface area contributed by atoms with Crippen molar-refractivity contribution >= 4 is 5.69 Å². The highest BCUT2D eigenvalue weighted by Gasteiger charge is 2.41. The van der Waals surface area contributed by atoms with E-state index in [1.807, 2.05) is 13.0 Å². The van der Waals surface area contributed by atoms with E-state index in [1.165, 1.54) is 6.07 Å². The Balaban J connectivity index is 1.87. The van der Waals surface area contributed by atoms with Crippen molar-refractivity contribution in [1.29, 1.82) is 0 Å². The minimum Gasteiger partial charge on any atom is -0.377 e. The Morgan fingerprint density at radius 1 is 1.50 bits per heavy atom. The molecule has 1 aliphatic carbocycles. The van der Waals surface area contributed by atoms with Gasteiger partial charge in [0.05, 0.1) is 17.1 Å². The van der Waals surface area contributed by atoms with E-state index in [4.69, 9.17) is 9.47 Å². The second-order valence-corrected chi connectivity index (χ2v) is 4.84. The molecule has 2 rings (SSSR count). The zero-order valence-corrected chi connectivity index (χ0v) is 11.7. The summed E-state index contributed by atoms with van der Waals surface area (Å²) in [5.41, 5.74) is 1.02. The summed E-state index contributed by atoms with van der Waals surface area (Å²) in [4.78, 5) is 10.3. The Kier molecular flexibility index (Phi) is 5.05. The van der Waals surface area contributed by atoms with Crippen LogP contribution in [0.15, 0.2) is 24.3 Å². The molecule has 6 nitrogen and oxygen atoms in total. The first-order chi connectivity index (χ1) is 9.65. The maximum Gasteiger partial charge on any atom is 0.269 e. The minimum atomic E-state index is -0.379. The van der Waals surface area contributed by atoms with Crippen molar-refractivity contribution < 1.29 is 14.4 Å². The first-order valence-corrected chi connectivity index (χ1v) is 6.76. The van der Waals surface area contributed by atoms with Gasteiger partial charge in [-0.2, -0.15) is 0 Å². The van der Waals surface area contributed by atoms with Gasteiger partial charge in [-0.1, -0.05) is 12.1 Å². The molecule has 6 heteroatoms. The van der Waals surface area contributed by atoms with Crippen LogP contribution in [0.25, 0.3) is 0 Å². The molecule has 0 spiro atoms. The number of benzene rings is 1. The summed E-state index contributed by atoms with van der Waals surface area (Å²) in [5.74, 6) is 0. The van der Waals surface area contributed by atoms with Gasteiger partial charge in [-0.15, -0.1) is 0 Å². The molecule has 20 heavy (non-hydrogen) atoms. The first-order valence-electron chi connectivity index (χ1n) is 6.76. The second-order valence-electron chi connectivity index (χ2n) is 4.84. The predicted molar refractivity (Wildman–Crippen MR) is 74.6 cm³/mol. The van der Waals surface area contributed by atoms with E-state index in [0.717, 1.165) is 12.0 Å². The van der Waals surface area contributed by atoms with Gasteiger partial charge in [0.25, 0.3) is 5.69 Å². The van der Waals surface area contributed by atoms with Crippen molar-refractivity contribution in [3.63, 3.8) is 0 Å². The summed E-state index contributed by atoms with van der Waals surface area (Å²) in [6, 6.07) is 6.90. The summed E-state index contributed by atoms with van der Waals surface area (Å²) in [6.45, 7) is 3.24. The molecule has 1 N–H and O–H groups in total. The molecule has 3 unspecified atom stereocenters. The number of hydrogen-bond acceptors (Lipinski definition) is 5. The standard InChI is InChI=1S/C14H20N2O4/c1-3-20-13-8-12(14(13)19-2)15-9-10-5-4-6-11(7-10)16(17)18/h4-7,12-15H,3,8-9H2,1-2H3. The summed E-state index contributed by atoms with van der Waals surface area (Å²) < 4.78 is 11.0. The largest absolute Gasteiger partial charge is 0.377 e. The molecule has 1 aliphatic rings. The predicted octanol–water partition coefficient (Wildman–Crippen LogP) is 1.88. The van der Waals surface area contributed by atoms with E-state index in [-0.39, 0.29) is 28.9 Å². The van der Waals surface area contributed by atoms with Gasteiger partial charge in [0.2, 0.25) is 0 Å². The van der Waals surface area contributed by atoms with Gasteiger partial charge in [-0.05, 0) is 18.9 Å². The van der Waals surface area contributed by atoms with Crippen LogP contribution in [0.2, 0.25) is 0 Å². The maximum absolute atomic E-state index is 10.7. The van der Waals surface area contributed by atoms with Gasteiger partial charge in [0, 0.05) is 38.4 Å². The number of rotatable bonds is 7. The topological polar surface area (TPSA) is 73.6 Å². The van der Waals surface area contributed by atoms with Gasteiger partial charge < -0.3 is 14.8 Å². The first kappa shape index (κ1) is 14.9. The minimum absolute atomic E-state index is 0.0497. The van der Waals surface area contributed by atoms with Crippen LogP contribution in [0.4, 0.5) is 5.69 Å². The van der Waals surface area contributed by atoms with Crippen molar-refractivity contribution in [3.05, 3.63) is 39.9 Å². The third-order valence-corrected chi connectivity index (χ3v) is 3.59. The lowest BCUT2D eigenvalue weighted by atomic mass is 9.85. The van der Waals surface area contributed by atoms with Crippen LogP contribution in [0.5, 0.6) is 0 Å². The van der Waals surface area contributed by atoms with Gasteiger partial charge in [0.1, 0.15) is 0 Å². The van der Waals surface area contributed by atoms with E-state index in [0.29, 0.717) is 13.2 Å². The number of nitro groups is 1. The number of methoxy groups -OCH3 is 1. The average Bonchev–Trinajstić information content (AvgIpc) is 2.42. The van der Waals surface area contributed by atoms with Crippen LogP contribution < -0.4 is 5.32 Å². The molecular formula is C14H20N2O4. The Hall–Kier alpha value is -1.50. The molecule has 1 aromatic carbocycles. The van der Waals surface area contributed by atoms with Crippen LogP contribution >= 0.6 is 0 Å². The van der Waals surface area contributed by atoms with Gasteiger partial charge in [-0.25, -0.2) is 0 Å². The molecular weight excluding hydrogens is 260 g/mol. The molecule has 0 heterocycles. The maximum atomic E-state index is 10.7. The van der Waals surface area contributed by atoms with E-state index in [2.05, 4.69) is 5.32 Å². The Morgan fingerprint density at radius 3 is 2.95 bits per heavy atom. The number of nitrogens with zero attached hydrogens (tertiary/aromatic N) is 1. The highest BCUT2D eigenvalue weighted by molar-refractivity contribution is 5.34. The second kappa shape index (κ2) is 6.78. The summed E-state index contributed by atoms with van der Waals surface area (Å²) in [6.07, 6.45) is 1.10. The van der Waals surface area contributed by atoms with Crippen molar-refractivity contribution in [2.75, 3.05) is 13.7 Å². The quantitative estimate of drug-likeness (QED) is 0.609. The summed E-state index contributed by atoms with van der Waals surface area (Å²) >= 11 is 0. The normalized spacial score (nSPS) is 25.2. The number of hydrogen-bond donors (Lipinski definition) is 1. The molecule has 1 aromatic rings. The molecule has 0 aliphatic heterocycles. The van der Waals surface area contributed by atoms with Crippen LogP contribution in [0.1, 0.15) is 18.9 Å². The molecule has 1 saturated carbocycles. The van der Waals surface area contributed by atoms with Crippen molar-refractivity contribution in [3.8, 4) is 0 Å². The van der Waals surface area contributed by atoms with E-state index in [1.54, 1.807) is 19.2 Å². The van der Waals surface area contributed by atoms with Gasteiger partial charge >= 0.3 is 0 Å². The van der Waals surface area contributed by atoms with E-state index in [9.17, 15) is 10.1 Å². The molecule has 0 amide bonds. The molecule has 0 radical (unpaired) electrons. The molecule has 0 bridgehead atoms. The summed E-state index contributed by atoms with van der Waals surface area (Å²) in [7, 11) is 1.68. The lowest BCUT2D eigenvalue weighted by Gasteiger charge is -2.43. The molecule has 0 saturated heterocycles. The van der Waals surface area contributed by atoms with Crippen LogP contribution in [-0.4, -0.2) is 36.9 Å². The smallest absolute Gasteiger partial charge is 0.269 e. The zero-order chi connectivity index (χ0) is 14.5. The SMILES string of the molecule is CCOC1CC(NCc2cccc([N+](=O)[O-])c2)C1OC.